The fourth-order valence-corrected chi connectivity index (χ4v) is 3.69. The molecule has 0 amide bonds. The van der Waals surface area contributed by atoms with Gasteiger partial charge in [-0.25, -0.2) is 15.0 Å². The first kappa shape index (κ1) is 22.3. The van der Waals surface area contributed by atoms with Crippen LogP contribution in [0.5, 0.6) is 0 Å². The van der Waals surface area contributed by atoms with Crippen LogP contribution in [0.15, 0.2) is 28.7 Å². The number of halogens is 3. The van der Waals surface area contributed by atoms with E-state index in [4.69, 9.17) is 4.74 Å². The molecule has 1 saturated heterocycles. The minimum Gasteiger partial charge on any atom is -0.375 e. The van der Waals surface area contributed by atoms with Gasteiger partial charge in [0.25, 0.3) is 0 Å². The van der Waals surface area contributed by atoms with E-state index in [0.717, 1.165) is 41.2 Å². The Bertz CT molecular complexity index is 857. The van der Waals surface area contributed by atoms with Crippen molar-refractivity contribution in [1.82, 2.24) is 20.6 Å². The zero-order valence-corrected chi connectivity index (χ0v) is 17.7. The van der Waals surface area contributed by atoms with Crippen molar-refractivity contribution in [3.63, 3.8) is 0 Å². The number of nitrogens with one attached hydrogen (secondary N) is 2. The van der Waals surface area contributed by atoms with Crippen LogP contribution in [0.2, 0.25) is 0 Å². The van der Waals surface area contributed by atoms with Gasteiger partial charge in [0.2, 0.25) is 0 Å². The van der Waals surface area contributed by atoms with Gasteiger partial charge in [0.05, 0.1) is 25.8 Å². The van der Waals surface area contributed by atoms with Gasteiger partial charge in [-0.15, -0.1) is 11.3 Å². The average molecular weight is 443 g/mol. The van der Waals surface area contributed by atoms with Gasteiger partial charge in [-0.05, 0) is 31.5 Å². The van der Waals surface area contributed by atoms with Crippen LogP contribution < -0.4 is 15.5 Å². The Kier molecular flexibility index (Phi) is 7.48. The first-order valence-electron chi connectivity index (χ1n) is 9.70. The molecule has 3 rings (SSSR count). The predicted octanol–water partition coefficient (Wildman–Crippen LogP) is 3.04. The van der Waals surface area contributed by atoms with Crippen molar-refractivity contribution >= 4 is 23.1 Å². The number of aliphatic imine (C=N–C) groups is 1. The molecule has 2 aromatic rings. The molecule has 0 aliphatic carbocycles. The molecule has 7 nitrogen and oxygen atoms in total. The van der Waals surface area contributed by atoms with Gasteiger partial charge < -0.3 is 20.3 Å². The van der Waals surface area contributed by atoms with E-state index in [-0.39, 0.29) is 12.6 Å². The number of pyridine rings is 1. The number of hydrogen-bond acceptors (Lipinski definition) is 6. The van der Waals surface area contributed by atoms with E-state index >= 15 is 0 Å². The number of thiazole rings is 1. The van der Waals surface area contributed by atoms with Crippen LogP contribution in [-0.4, -0.2) is 48.3 Å². The molecule has 3 heterocycles. The third-order valence-corrected chi connectivity index (χ3v) is 5.24. The van der Waals surface area contributed by atoms with Crippen molar-refractivity contribution in [1.29, 1.82) is 0 Å². The number of anilines is 1. The highest BCUT2D eigenvalue weighted by Crippen LogP contribution is 2.29. The van der Waals surface area contributed by atoms with Gasteiger partial charge in [-0.3, -0.25) is 0 Å². The highest BCUT2D eigenvalue weighted by atomic mass is 32.1. The molecule has 0 saturated carbocycles. The topological polar surface area (TPSA) is 74.7 Å². The maximum absolute atomic E-state index is 12.7. The minimum atomic E-state index is -4.43. The third kappa shape index (κ3) is 6.30. The van der Waals surface area contributed by atoms with E-state index in [1.54, 1.807) is 6.20 Å². The van der Waals surface area contributed by atoms with Crippen LogP contribution in [0.1, 0.15) is 30.1 Å². The first-order chi connectivity index (χ1) is 14.3. The zero-order chi connectivity index (χ0) is 21.6. The number of hydrogen-bond donors (Lipinski definition) is 2. The number of morpholine rings is 1. The fraction of sp³-hybridized carbons (Fsp3) is 0.526. The Balaban J connectivity index is 1.61. The Morgan fingerprint density at radius 2 is 2.23 bits per heavy atom. The van der Waals surface area contributed by atoms with Crippen LogP contribution in [0, 0.1) is 0 Å². The molecule has 2 N–H and O–H groups in total. The van der Waals surface area contributed by atoms with Crippen LogP contribution in [-0.2, 0) is 24.0 Å². The van der Waals surface area contributed by atoms with Crippen molar-refractivity contribution in [3.8, 4) is 0 Å². The summed E-state index contributed by atoms with van der Waals surface area (Å²) in [7, 11) is 0. The molecule has 0 spiro atoms. The molecule has 1 aliphatic heterocycles. The highest BCUT2D eigenvalue weighted by molar-refractivity contribution is 7.09. The predicted molar refractivity (Wildman–Crippen MR) is 111 cm³/mol. The van der Waals surface area contributed by atoms with E-state index in [1.807, 2.05) is 26.0 Å². The highest BCUT2D eigenvalue weighted by Gasteiger charge is 2.33. The van der Waals surface area contributed by atoms with Crippen molar-refractivity contribution in [2.75, 3.05) is 31.1 Å². The monoisotopic (exact) mass is 442 g/mol. The summed E-state index contributed by atoms with van der Waals surface area (Å²) in [5.41, 5.74) is 0.123. The minimum absolute atomic E-state index is 0.163. The lowest BCUT2D eigenvalue weighted by Crippen LogP contribution is -2.41. The quantitative estimate of drug-likeness (QED) is 0.529. The summed E-state index contributed by atoms with van der Waals surface area (Å²) < 4.78 is 43.6. The zero-order valence-electron chi connectivity index (χ0n) is 16.9. The van der Waals surface area contributed by atoms with Crippen LogP contribution >= 0.6 is 11.3 Å². The van der Waals surface area contributed by atoms with Crippen molar-refractivity contribution in [3.05, 3.63) is 40.0 Å². The number of nitrogens with zero attached hydrogens (tertiary/aromatic N) is 4. The second-order valence-corrected chi connectivity index (χ2v) is 7.77. The lowest BCUT2D eigenvalue weighted by Gasteiger charge is -2.32. The Labute approximate surface area is 177 Å². The molecular formula is C19H25F3N6OS. The number of rotatable bonds is 6. The average Bonchev–Trinajstić information content (AvgIpc) is 3.20. The van der Waals surface area contributed by atoms with E-state index < -0.39 is 11.9 Å². The molecule has 164 valence electrons. The summed E-state index contributed by atoms with van der Waals surface area (Å²) in [5.74, 6) is 1.40. The van der Waals surface area contributed by atoms with Gasteiger partial charge in [0, 0.05) is 31.2 Å². The van der Waals surface area contributed by atoms with Crippen LogP contribution in [0.25, 0.3) is 0 Å². The maximum atomic E-state index is 12.7. The van der Waals surface area contributed by atoms with E-state index in [9.17, 15) is 13.2 Å². The molecule has 2 aromatic heterocycles. The summed E-state index contributed by atoms with van der Waals surface area (Å²) >= 11 is 0.968. The summed E-state index contributed by atoms with van der Waals surface area (Å²) in [5, 5.41) is 7.50. The number of guanidine groups is 1. The molecule has 1 atom stereocenters. The van der Waals surface area contributed by atoms with Crippen molar-refractivity contribution in [2.45, 2.75) is 39.2 Å². The Morgan fingerprint density at radius 3 is 2.93 bits per heavy atom. The summed E-state index contributed by atoms with van der Waals surface area (Å²) in [6.07, 6.45) is -2.50. The van der Waals surface area contributed by atoms with Gasteiger partial charge in [0.15, 0.2) is 11.7 Å². The first-order valence-corrected chi connectivity index (χ1v) is 10.6. The molecule has 0 radical (unpaired) electrons. The van der Waals surface area contributed by atoms with Gasteiger partial charge in [0.1, 0.15) is 10.8 Å². The largest absolute Gasteiger partial charge is 0.434 e. The van der Waals surface area contributed by atoms with E-state index in [2.05, 4.69) is 30.5 Å². The standard InChI is InChI=1S/C19H25F3N6OS/c1-3-23-18(26-10-17-27-15(12-30-17)19(20,21)22)25-9-14-4-5-24-16(8-14)28-6-7-29-13(2)11-28/h4-5,8,12-13H,3,6-7,9-11H2,1-2H3,(H2,23,25,26). The van der Waals surface area contributed by atoms with Gasteiger partial charge in [-0.1, -0.05) is 0 Å². The SMILES string of the molecule is CCNC(=NCc1ccnc(N2CCOC(C)C2)c1)NCc1nc(C(F)(F)F)cs1. The molecule has 30 heavy (non-hydrogen) atoms. The maximum Gasteiger partial charge on any atom is 0.434 e. The molecule has 1 unspecified atom stereocenters. The number of aromatic nitrogens is 2. The molecule has 11 heteroatoms. The third-order valence-electron chi connectivity index (χ3n) is 4.39. The number of ether oxygens (including phenoxy) is 1. The molecule has 1 aliphatic rings. The van der Waals surface area contributed by atoms with Crippen molar-refractivity contribution in [2.24, 2.45) is 4.99 Å². The van der Waals surface area contributed by atoms with Crippen LogP contribution in [0.4, 0.5) is 19.0 Å². The Hall–Kier alpha value is -2.40. The molecule has 1 fully saturated rings. The number of alkyl halides is 3. The lowest BCUT2D eigenvalue weighted by atomic mass is 10.2. The van der Waals surface area contributed by atoms with E-state index in [0.29, 0.717) is 30.7 Å². The lowest BCUT2D eigenvalue weighted by molar-refractivity contribution is -0.140. The summed E-state index contributed by atoms with van der Waals surface area (Å²) in [6.45, 7) is 7.43. The fourth-order valence-electron chi connectivity index (χ4n) is 2.95. The van der Waals surface area contributed by atoms with E-state index in [1.165, 1.54) is 0 Å². The second kappa shape index (κ2) is 10.1. The van der Waals surface area contributed by atoms with Crippen molar-refractivity contribution < 1.29 is 17.9 Å². The van der Waals surface area contributed by atoms with Crippen LogP contribution in [0.3, 0.4) is 0 Å². The smallest absolute Gasteiger partial charge is 0.375 e. The second-order valence-electron chi connectivity index (χ2n) is 6.82. The molecule has 0 aromatic carbocycles. The molecule has 0 bridgehead atoms. The van der Waals surface area contributed by atoms with Gasteiger partial charge in [-0.2, -0.15) is 13.2 Å². The molecular weight excluding hydrogens is 417 g/mol. The Morgan fingerprint density at radius 1 is 1.40 bits per heavy atom. The normalized spacial score (nSPS) is 17.8. The van der Waals surface area contributed by atoms with Gasteiger partial charge >= 0.3 is 6.18 Å². The summed E-state index contributed by atoms with van der Waals surface area (Å²) in [6, 6.07) is 3.90. The summed E-state index contributed by atoms with van der Waals surface area (Å²) in [4.78, 5) is 14.8.